The summed E-state index contributed by atoms with van der Waals surface area (Å²) >= 11 is 3.38. The van der Waals surface area contributed by atoms with E-state index >= 15 is 0 Å². The van der Waals surface area contributed by atoms with Gasteiger partial charge in [-0.15, -0.1) is 0 Å². The van der Waals surface area contributed by atoms with Crippen LogP contribution in [0.1, 0.15) is 5.56 Å². The molecule has 1 nitrogen and oxygen atoms in total. The largest absolute Gasteiger partial charge is 0.204 e. The zero-order valence-corrected chi connectivity index (χ0v) is 7.63. The molecule has 1 aromatic heterocycles. The number of halogens is 1. The van der Waals surface area contributed by atoms with Gasteiger partial charge in [0, 0.05) is 12.1 Å². The Hall–Kier alpha value is -0.370. The zero-order valence-electron chi connectivity index (χ0n) is 6.05. The molecule has 0 radical (unpaired) electrons. The summed E-state index contributed by atoms with van der Waals surface area (Å²) in [5, 5.41) is 1.01. The normalized spacial score (nSPS) is 9.80. The Morgan fingerprint density at radius 1 is 1.40 bits per heavy atom. The first kappa shape index (κ1) is 7.73. The van der Waals surface area contributed by atoms with Crippen LogP contribution in [0.5, 0.6) is 0 Å². The molecule has 1 heterocycles. The van der Waals surface area contributed by atoms with Crippen LogP contribution >= 0.6 is 15.9 Å². The quantitative estimate of drug-likeness (QED) is 0.506. The number of aryl methyl sites for hydroxylation is 2. The second-order valence-electron chi connectivity index (χ2n) is 2.30. The summed E-state index contributed by atoms with van der Waals surface area (Å²) in [6.45, 7) is 3.14. The van der Waals surface area contributed by atoms with Crippen molar-refractivity contribution >= 4 is 15.9 Å². The summed E-state index contributed by atoms with van der Waals surface area (Å²) in [5.74, 6) is 0. The predicted octanol–water partition coefficient (Wildman–Crippen LogP) is 1.68. The van der Waals surface area contributed by atoms with Gasteiger partial charge in [0.2, 0.25) is 0 Å². The molecule has 0 saturated heterocycles. The second kappa shape index (κ2) is 3.71. The van der Waals surface area contributed by atoms with Crippen molar-refractivity contribution in [1.29, 1.82) is 0 Å². The Balaban J connectivity index is 2.69. The monoisotopic (exact) mass is 200 g/mol. The van der Waals surface area contributed by atoms with E-state index in [1.807, 2.05) is 0 Å². The minimum atomic E-state index is 1.01. The van der Waals surface area contributed by atoms with Crippen molar-refractivity contribution in [2.45, 2.75) is 13.5 Å². The van der Waals surface area contributed by atoms with Gasteiger partial charge < -0.3 is 0 Å². The van der Waals surface area contributed by atoms with Crippen molar-refractivity contribution in [1.82, 2.24) is 0 Å². The maximum Gasteiger partial charge on any atom is 0.169 e. The lowest BCUT2D eigenvalue weighted by molar-refractivity contribution is -0.692. The van der Waals surface area contributed by atoms with Gasteiger partial charge in [-0.3, -0.25) is 0 Å². The molecule has 54 valence electrons. The summed E-state index contributed by atoms with van der Waals surface area (Å²) in [7, 11) is 0. The van der Waals surface area contributed by atoms with E-state index < -0.39 is 0 Å². The molecule has 0 spiro atoms. The van der Waals surface area contributed by atoms with E-state index in [0.29, 0.717) is 0 Å². The zero-order chi connectivity index (χ0) is 7.40. The Labute approximate surface area is 69.8 Å². The predicted molar refractivity (Wildman–Crippen MR) is 45.2 cm³/mol. The van der Waals surface area contributed by atoms with Crippen LogP contribution in [0.25, 0.3) is 0 Å². The molecular formula is C8H11BrN+. The molecule has 1 aromatic rings. The molecule has 2 heteroatoms. The van der Waals surface area contributed by atoms with Gasteiger partial charge in [0.15, 0.2) is 18.9 Å². The molecule has 0 atom stereocenters. The molecular weight excluding hydrogens is 190 g/mol. The summed E-state index contributed by atoms with van der Waals surface area (Å²) in [6, 6.07) is 4.23. The molecule has 1 rings (SSSR count). The molecule has 0 aliphatic rings. The molecule has 0 fully saturated rings. The van der Waals surface area contributed by atoms with Gasteiger partial charge in [-0.1, -0.05) is 15.9 Å². The molecule has 0 unspecified atom stereocenters. The van der Waals surface area contributed by atoms with Crippen LogP contribution in [0.15, 0.2) is 24.5 Å². The Morgan fingerprint density at radius 3 is 2.50 bits per heavy atom. The lowest BCUT2D eigenvalue weighted by atomic mass is 10.3. The topological polar surface area (TPSA) is 3.88 Å². The van der Waals surface area contributed by atoms with Gasteiger partial charge in [-0.2, -0.15) is 0 Å². The summed E-state index contributed by atoms with van der Waals surface area (Å²) < 4.78 is 2.15. The van der Waals surface area contributed by atoms with E-state index in [4.69, 9.17) is 0 Å². The average molecular weight is 201 g/mol. The van der Waals surface area contributed by atoms with Crippen LogP contribution in [0.4, 0.5) is 0 Å². The second-order valence-corrected chi connectivity index (χ2v) is 3.10. The first-order chi connectivity index (χ1) is 4.83. The van der Waals surface area contributed by atoms with Crippen molar-refractivity contribution in [3.05, 3.63) is 30.1 Å². The maximum absolute atomic E-state index is 3.38. The average Bonchev–Trinajstić information content (AvgIpc) is 1.95. The van der Waals surface area contributed by atoms with Crippen molar-refractivity contribution in [3.63, 3.8) is 0 Å². The number of rotatable bonds is 2. The van der Waals surface area contributed by atoms with E-state index in [9.17, 15) is 0 Å². The summed E-state index contributed by atoms with van der Waals surface area (Å²) in [4.78, 5) is 0. The third kappa shape index (κ3) is 2.10. The molecule has 0 aliphatic heterocycles. The van der Waals surface area contributed by atoms with Crippen molar-refractivity contribution in [2.75, 3.05) is 5.33 Å². The molecule has 0 aromatic carbocycles. The van der Waals surface area contributed by atoms with Crippen LogP contribution < -0.4 is 4.57 Å². The van der Waals surface area contributed by atoms with E-state index in [1.165, 1.54) is 5.56 Å². The standard InChI is InChI=1S/C8H11BrN/c1-8-2-5-10(6-3-8)7-4-9/h2-3,5-6H,4,7H2,1H3/q+1. The number of aromatic nitrogens is 1. The number of hydrogen-bond acceptors (Lipinski definition) is 0. The lowest BCUT2D eigenvalue weighted by Crippen LogP contribution is -2.33. The van der Waals surface area contributed by atoms with E-state index in [-0.39, 0.29) is 0 Å². The van der Waals surface area contributed by atoms with Crippen LogP contribution in [0.3, 0.4) is 0 Å². The smallest absolute Gasteiger partial charge is 0.169 e. The molecule has 0 aliphatic carbocycles. The Bertz CT molecular complexity index is 193. The van der Waals surface area contributed by atoms with E-state index in [2.05, 4.69) is 51.9 Å². The van der Waals surface area contributed by atoms with Gasteiger partial charge in [0.05, 0.1) is 5.33 Å². The SMILES string of the molecule is Cc1cc[n+](CCBr)cc1. The minimum absolute atomic E-state index is 1.01. The first-order valence-corrected chi connectivity index (χ1v) is 4.47. The van der Waals surface area contributed by atoms with Crippen LogP contribution in [0, 0.1) is 6.92 Å². The number of pyridine rings is 1. The van der Waals surface area contributed by atoms with E-state index in [0.717, 1.165) is 11.9 Å². The summed E-state index contributed by atoms with van der Waals surface area (Å²) in [6.07, 6.45) is 4.19. The highest BCUT2D eigenvalue weighted by atomic mass is 79.9. The van der Waals surface area contributed by atoms with Gasteiger partial charge in [0.25, 0.3) is 0 Å². The molecule has 0 saturated carbocycles. The number of nitrogens with zero attached hydrogens (tertiary/aromatic N) is 1. The summed E-state index contributed by atoms with van der Waals surface area (Å²) in [5.41, 5.74) is 1.31. The van der Waals surface area contributed by atoms with Gasteiger partial charge in [-0.25, -0.2) is 4.57 Å². The Kier molecular flexibility index (Phi) is 2.87. The van der Waals surface area contributed by atoms with Crippen molar-refractivity contribution in [3.8, 4) is 0 Å². The molecule has 10 heavy (non-hydrogen) atoms. The highest BCUT2D eigenvalue weighted by Crippen LogP contribution is 1.89. The highest BCUT2D eigenvalue weighted by molar-refractivity contribution is 9.09. The van der Waals surface area contributed by atoms with Crippen LogP contribution in [0.2, 0.25) is 0 Å². The van der Waals surface area contributed by atoms with Gasteiger partial charge in [-0.05, 0) is 12.5 Å². The third-order valence-corrected chi connectivity index (χ3v) is 1.76. The van der Waals surface area contributed by atoms with Crippen LogP contribution in [-0.4, -0.2) is 5.33 Å². The maximum atomic E-state index is 3.38. The molecule has 0 N–H and O–H groups in total. The molecule has 0 amide bonds. The fourth-order valence-corrected chi connectivity index (χ4v) is 1.19. The van der Waals surface area contributed by atoms with Gasteiger partial charge in [0.1, 0.15) is 0 Å². The fourth-order valence-electron chi connectivity index (χ4n) is 0.779. The lowest BCUT2D eigenvalue weighted by Gasteiger charge is -1.91. The number of hydrogen-bond donors (Lipinski definition) is 0. The van der Waals surface area contributed by atoms with Crippen molar-refractivity contribution in [2.24, 2.45) is 0 Å². The minimum Gasteiger partial charge on any atom is -0.204 e. The highest BCUT2D eigenvalue weighted by Gasteiger charge is 1.94. The van der Waals surface area contributed by atoms with Gasteiger partial charge >= 0.3 is 0 Å². The van der Waals surface area contributed by atoms with Crippen LogP contribution in [-0.2, 0) is 6.54 Å². The number of alkyl halides is 1. The first-order valence-electron chi connectivity index (χ1n) is 3.34. The fraction of sp³-hybridized carbons (Fsp3) is 0.375. The third-order valence-electron chi connectivity index (χ3n) is 1.40. The Morgan fingerprint density at radius 2 is 2.00 bits per heavy atom. The van der Waals surface area contributed by atoms with E-state index in [1.54, 1.807) is 0 Å². The molecule has 0 bridgehead atoms. The van der Waals surface area contributed by atoms with Crippen molar-refractivity contribution < 1.29 is 4.57 Å².